The molecule has 0 aromatic carbocycles. The van der Waals surface area contributed by atoms with Crippen molar-refractivity contribution in [3.8, 4) is 5.75 Å². The van der Waals surface area contributed by atoms with Gasteiger partial charge in [0.25, 0.3) is 5.91 Å². The molecule has 1 aliphatic carbocycles. The smallest absolute Gasteiger partial charge is 0.407 e. The van der Waals surface area contributed by atoms with Crippen molar-refractivity contribution >= 4 is 23.8 Å². The van der Waals surface area contributed by atoms with E-state index in [1.165, 1.54) is 11.9 Å². The van der Waals surface area contributed by atoms with Crippen molar-refractivity contribution in [1.82, 2.24) is 20.1 Å². The number of carboxylic acid groups (broad SMARTS) is 1. The molecule has 4 N–H and O–H groups in total. The third-order valence-corrected chi connectivity index (χ3v) is 6.23. The van der Waals surface area contributed by atoms with Gasteiger partial charge in [-0.25, -0.2) is 4.79 Å². The maximum absolute atomic E-state index is 13.4. The van der Waals surface area contributed by atoms with E-state index >= 15 is 0 Å². The number of ether oxygens (including phenoxy) is 1. The Hall–Kier alpha value is -3.37. The first-order valence-corrected chi connectivity index (χ1v) is 10.2. The average Bonchev–Trinajstić information content (AvgIpc) is 3.49. The number of likely N-dealkylation sites (N-methyl/N-ethyl adjacent to an activating group) is 1. The summed E-state index contributed by atoms with van der Waals surface area (Å²) in [5.41, 5.74) is 4.60. The topological polar surface area (TPSA) is 155 Å². The molecule has 1 aromatic heterocycles. The van der Waals surface area contributed by atoms with Gasteiger partial charge < -0.3 is 25.8 Å². The van der Waals surface area contributed by atoms with Crippen LogP contribution in [0.1, 0.15) is 31.4 Å². The van der Waals surface area contributed by atoms with E-state index in [4.69, 9.17) is 10.5 Å². The molecule has 2 fully saturated rings. The molecule has 3 aliphatic rings. The number of nitrogens with zero attached hydrogens (tertiary/aromatic N) is 3. The molecule has 4 rings (SSSR count). The lowest BCUT2D eigenvalue weighted by Gasteiger charge is -2.32. The number of pyridine rings is 1. The number of likely N-dealkylation sites (tertiary alicyclic amines) is 1. The van der Waals surface area contributed by atoms with Gasteiger partial charge >= 0.3 is 6.09 Å². The van der Waals surface area contributed by atoms with E-state index in [2.05, 4.69) is 10.3 Å². The number of hydrogen-bond acceptors (Lipinski definition) is 6. The number of nitrogens with one attached hydrogen (secondary N) is 1. The summed E-state index contributed by atoms with van der Waals surface area (Å²) in [7, 11) is 1.33. The number of aromatic nitrogens is 1. The molecule has 1 saturated heterocycles. The van der Waals surface area contributed by atoms with Crippen molar-refractivity contribution < 1.29 is 29.0 Å². The second kappa shape index (κ2) is 7.71. The van der Waals surface area contributed by atoms with E-state index in [9.17, 15) is 24.3 Å². The van der Waals surface area contributed by atoms with Crippen LogP contribution in [0.4, 0.5) is 4.79 Å². The first-order valence-electron chi connectivity index (χ1n) is 10.2. The summed E-state index contributed by atoms with van der Waals surface area (Å²) in [5, 5.41) is 12.2. The molecule has 0 bridgehead atoms. The lowest BCUT2D eigenvalue weighted by atomic mass is 9.98. The second-order valence-electron chi connectivity index (χ2n) is 8.40. The Labute approximate surface area is 178 Å². The zero-order valence-electron chi connectivity index (χ0n) is 17.1. The van der Waals surface area contributed by atoms with Gasteiger partial charge in [0.1, 0.15) is 23.5 Å². The summed E-state index contributed by atoms with van der Waals surface area (Å²) in [5.74, 6) is -1.16. The van der Waals surface area contributed by atoms with Crippen LogP contribution in [0.5, 0.6) is 5.75 Å². The number of fused-ring (bicyclic) bond motifs is 1. The lowest BCUT2D eigenvalue weighted by molar-refractivity contribution is -0.142. The highest BCUT2D eigenvalue weighted by molar-refractivity contribution is 5.95. The first-order chi connectivity index (χ1) is 14.7. The SMILES string of the molecule is CN(C(=O)O)C(CC1CC1)C(=O)N1C[C@@]2(C[C@H]1C(N)=O)Oc1cccnc1CNC2=O. The Morgan fingerprint density at radius 3 is 2.84 bits per heavy atom. The van der Waals surface area contributed by atoms with Crippen molar-refractivity contribution in [2.24, 2.45) is 11.7 Å². The summed E-state index contributed by atoms with van der Waals surface area (Å²) in [6.07, 6.45) is 2.42. The average molecular weight is 431 g/mol. The molecule has 1 unspecified atom stereocenters. The molecule has 11 nitrogen and oxygen atoms in total. The van der Waals surface area contributed by atoms with Gasteiger partial charge in [-0.05, 0) is 24.5 Å². The van der Waals surface area contributed by atoms with Crippen LogP contribution >= 0.6 is 0 Å². The highest BCUT2D eigenvalue weighted by Gasteiger charge is 2.57. The van der Waals surface area contributed by atoms with Crippen molar-refractivity contribution in [3.63, 3.8) is 0 Å². The van der Waals surface area contributed by atoms with Crippen LogP contribution < -0.4 is 15.8 Å². The number of carbonyl (C=O) groups is 4. The van der Waals surface area contributed by atoms with Gasteiger partial charge in [-0.3, -0.25) is 24.3 Å². The van der Waals surface area contributed by atoms with Crippen LogP contribution in [0.2, 0.25) is 0 Å². The molecule has 3 atom stereocenters. The molecule has 1 aromatic rings. The van der Waals surface area contributed by atoms with Crippen molar-refractivity contribution in [2.75, 3.05) is 13.6 Å². The van der Waals surface area contributed by atoms with Gasteiger partial charge in [0.2, 0.25) is 17.4 Å². The largest absolute Gasteiger partial charge is 0.473 e. The zero-order valence-corrected chi connectivity index (χ0v) is 17.1. The summed E-state index contributed by atoms with van der Waals surface area (Å²) in [4.78, 5) is 56.6. The zero-order chi connectivity index (χ0) is 22.3. The summed E-state index contributed by atoms with van der Waals surface area (Å²) in [6, 6.07) is 1.27. The maximum Gasteiger partial charge on any atom is 0.407 e. The van der Waals surface area contributed by atoms with Crippen LogP contribution in [-0.4, -0.2) is 75.0 Å². The molecule has 2 aliphatic heterocycles. The minimum absolute atomic E-state index is 0.124. The minimum Gasteiger partial charge on any atom is -0.473 e. The van der Waals surface area contributed by atoms with E-state index in [0.717, 1.165) is 17.7 Å². The molecule has 31 heavy (non-hydrogen) atoms. The molecule has 166 valence electrons. The van der Waals surface area contributed by atoms with Gasteiger partial charge in [-0.15, -0.1) is 0 Å². The number of nitrogens with two attached hydrogens (primary N) is 1. The number of rotatable bonds is 5. The quantitative estimate of drug-likeness (QED) is 0.578. The molecule has 11 heteroatoms. The molecular formula is C20H25N5O6. The van der Waals surface area contributed by atoms with E-state index in [1.807, 2.05) is 0 Å². The van der Waals surface area contributed by atoms with Crippen LogP contribution in [0.3, 0.4) is 0 Å². The standard InChI is InChI=1S/C20H25N5O6/c1-24(19(29)30)13(7-11-4-5-11)17(27)25-10-20(8-14(25)16(21)26)18(28)23-9-12-15(31-20)3-2-6-22-12/h2-3,6,11,13-14H,4-5,7-10H2,1H3,(H2,21,26)(H,23,28)(H,29,30)/t13?,14-,20+/m0/s1. The monoisotopic (exact) mass is 431 g/mol. The fourth-order valence-electron chi connectivity index (χ4n) is 4.25. The van der Waals surface area contributed by atoms with Crippen molar-refractivity contribution in [2.45, 2.75) is 49.9 Å². The van der Waals surface area contributed by atoms with Gasteiger partial charge in [0, 0.05) is 19.7 Å². The molecule has 4 amide bonds. The van der Waals surface area contributed by atoms with Gasteiger partial charge in [-0.1, -0.05) is 12.8 Å². The third-order valence-electron chi connectivity index (χ3n) is 6.23. The van der Waals surface area contributed by atoms with Crippen LogP contribution in [0, 0.1) is 5.92 Å². The molecular weight excluding hydrogens is 406 g/mol. The minimum atomic E-state index is -1.52. The van der Waals surface area contributed by atoms with Crippen LogP contribution in [0.15, 0.2) is 18.3 Å². The highest BCUT2D eigenvalue weighted by atomic mass is 16.5. The number of hydrogen-bond donors (Lipinski definition) is 3. The maximum atomic E-state index is 13.4. The Morgan fingerprint density at radius 2 is 2.19 bits per heavy atom. The lowest BCUT2D eigenvalue weighted by Crippen LogP contribution is -2.55. The van der Waals surface area contributed by atoms with Gasteiger partial charge in [0.05, 0.1) is 13.1 Å². The van der Waals surface area contributed by atoms with Crippen molar-refractivity contribution in [1.29, 1.82) is 0 Å². The van der Waals surface area contributed by atoms with E-state index in [0.29, 0.717) is 17.9 Å². The van der Waals surface area contributed by atoms with Gasteiger partial charge in [-0.2, -0.15) is 0 Å². The predicted octanol–water partition coefficient (Wildman–Crippen LogP) is -0.306. The van der Waals surface area contributed by atoms with Crippen LogP contribution in [-0.2, 0) is 20.9 Å². The summed E-state index contributed by atoms with van der Waals surface area (Å²) < 4.78 is 6.05. The molecule has 1 saturated carbocycles. The highest BCUT2D eigenvalue weighted by Crippen LogP contribution is 2.38. The number of carbonyl (C=O) groups excluding carboxylic acids is 3. The molecule has 0 radical (unpaired) electrons. The van der Waals surface area contributed by atoms with Crippen LogP contribution in [0.25, 0.3) is 0 Å². The van der Waals surface area contributed by atoms with E-state index in [1.54, 1.807) is 18.3 Å². The third kappa shape index (κ3) is 3.87. The fourth-order valence-corrected chi connectivity index (χ4v) is 4.25. The van der Waals surface area contributed by atoms with E-state index < -0.39 is 41.5 Å². The molecule has 1 spiro atoms. The summed E-state index contributed by atoms with van der Waals surface area (Å²) >= 11 is 0. The van der Waals surface area contributed by atoms with E-state index in [-0.39, 0.29) is 25.4 Å². The number of primary amides is 1. The Balaban J connectivity index is 1.66. The normalized spacial score (nSPS) is 25.8. The summed E-state index contributed by atoms with van der Waals surface area (Å²) in [6.45, 7) is -0.0633. The predicted molar refractivity (Wildman–Crippen MR) is 106 cm³/mol. The molecule has 3 heterocycles. The Morgan fingerprint density at radius 1 is 1.45 bits per heavy atom. The Bertz CT molecular complexity index is 934. The number of amides is 4. The Kier molecular flexibility index (Phi) is 5.19. The fraction of sp³-hybridized carbons (Fsp3) is 0.550. The second-order valence-corrected chi connectivity index (χ2v) is 8.40. The first kappa shape index (κ1) is 20.9. The van der Waals surface area contributed by atoms with Gasteiger partial charge in [0.15, 0.2) is 0 Å². The van der Waals surface area contributed by atoms with Crippen molar-refractivity contribution in [3.05, 3.63) is 24.0 Å².